The Morgan fingerprint density at radius 1 is 1.12 bits per heavy atom. The van der Waals surface area contributed by atoms with Gasteiger partial charge in [-0.2, -0.15) is 0 Å². The van der Waals surface area contributed by atoms with Crippen LogP contribution >= 0.6 is 0 Å². The van der Waals surface area contributed by atoms with Gasteiger partial charge in [-0.25, -0.2) is 0 Å². The third-order valence-electron chi connectivity index (χ3n) is 4.41. The largest absolute Gasteiger partial charge is 0.497 e. The summed E-state index contributed by atoms with van der Waals surface area (Å²) in [7, 11) is 1.60. The van der Waals surface area contributed by atoms with Gasteiger partial charge in [0.1, 0.15) is 12.3 Å². The van der Waals surface area contributed by atoms with E-state index in [2.05, 4.69) is 0 Å². The average Bonchev–Trinajstić information content (AvgIpc) is 2.62. The van der Waals surface area contributed by atoms with E-state index in [9.17, 15) is 9.59 Å². The van der Waals surface area contributed by atoms with E-state index in [-0.39, 0.29) is 24.8 Å². The summed E-state index contributed by atoms with van der Waals surface area (Å²) in [5.74, 6) is 0.643. The van der Waals surface area contributed by atoms with Gasteiger partial charge >= 0.3 is 0 Å². The molecule has 0 aliphatic carbocycles. The number of rotatable bonds is 4. The van der Waals surface area contributed by atoms with E-state index in [1.807, 2.05) is 55.5 Å². The summed E-state index contributed by atoms with van der Waals surface area (Å²) in [5, 5.41) is 0. The highest BCUT2D eigenvalue weighted by Gasteiger charge is 2.27. The molecule has 0 aromatic heterocycles. The van der Waals surface area contributed by atoms with E-state index >= 15 is 0 Å². The smallest absolute Gasteiger partial charge is 0.246 e. The van der Waals surface area contributed by atoms with Crippen molar-refractivity contribution in [3.05, 3.63) is 59.7 Å². The van der Waals surface area contributed by atoms with E-state index in [1.165, 1.54) is 0 Å². The van der Waals surface area contributed by atoms with Gasteiger partial charge in [-0.1, -0.05) is 29.8 Å². The minimum Gasteiger partial charge on any atom is -0.497 e. The maximum Gasteiger partial charge on any atom is 0.246 e. The van der Waals surface area contributed by atoms with Crippen LogP contribution in [-0.2, 0) is 16.0 Å². The zero-order valence-electron chi connectivity index (χ0n) is 14.6. The van der Waals surface area contributed by atoms with Crippen LogP contribution in [-0.4, -0.2) is 43.5 Å². The number of carbonyl (C=O) groups is 2. The van der Waals surface area contributed by atoms with Gasteiger partial charge in [-0.05, 0) is 36.8 Å². The second kappa shape index (κ2) is 7.38. The van der Waals surface area contributed by atoms with Gasteiger partial charge in [0.2, 0.25) is 11.8 Å². The fourth-order valence-electron chi connectivity index (χ4n) is 2.95. The minimum atomic E-state index is -0.0471. The molecule has 5 heteroatoms. The first-order chi connectivity index (χ1) is 12.1. The molecule has 0 spiro atoms. The Morgan fingerprint density at radius 3 is 2.56 bits per heavy atom. The second-order valence-electron chi connectivity index (χ2n) is 6.22. The highest BCUT2D eigenvalue weighted by Crippen LogP contribution is 2.19. The normalized spacial score (nSPS) is 14.6. The third kappa shape index (κ3) is 3.99. The van der Waals surface area contributed by atoms with Crippen molar-refractivity contribution < 1.29 is 14.3 Å². The molecule has 0 radical (unpaired) electrons. The number of amides is 2. The second-order valence-corrected chi connectivity index (χ2v) is 6.22. The lowest BCUT2D eigenvalue weighted by molar-refractivity contribution is -0.136. The fourth-order valence-corrected chi connectivity index (χ4v) is 2.95. The number of piperazine rings is 1. The number of aryl methyl sites for hydroxylation is 1. The van der Waals surface area contributed by atoms with Crippen LogP contribution in [0.2, 0.25) is 0 Å². The molecule has 3 rings (SSSR count). The van der Waals surface area contributed by atoms with Crippen LogP contribution in [0.1, 0.15) is 11.1 Å². The molecule has 1 aliphatic rings. The van der Waals surface area contributed by atoms with Crippen LogP contribution in [0, 0.1) is 6.92 Å². The predicted molar refractivity (Wildman–Crippen MR) is 96.8 cm³/mol. The SMILES string of the molecule is COc1cccc(CC(=O)N2CCN(c3ccc(C)cc3)C(=O)C2)c1. The maximum absolute atomic E-state index is 12.5. The van der Waals surface area contributed by atoms with Crippen molar-refractivity contribution in [1.82, 2.24) is 4.90 Å². The Balaban J connectivity index is 1.63. The number of ether oxygens (including phenoxy) is 1. The first-order valence-corrected chi connectivity index (χ1v) is 8.34. The van der Waals surface area contributed by atoms with E-state index in [0.29, 0.717) is 13.1 Å². The van der Waals surface area contributed by atoms with Gasteiger partial charge in [0.25, 0.3) is 0 Å². The van der Waals surface area contributed by atoms with Crippen LogP contribution in [0.25, 0.3) is 0 Å². The molecule has 130 valence electrons. The first-order valence-electron chi connectivity index (χ1n) is 8.34. The van der Waals surface area contributed by atoms with Crippen LogP contribution in [0.15, 0.2) is 48.5 Å². The molecular weight excluding hydrogens is 316 g/mol. The number of carbonyl (C=O) groups excluding carboxylic acids is 2. The van der Waals surface area contributed by atoms with E-state index in [0.717, 1.165) is 22.6 Å². The topological polar surface area (TPSA) is 49.9 Å². The minimum absolute atomic E-state index is 0.0369. The highest BCUT2D eigenvalue weighted by atomic mass is 16.5. The van der Waals surface area contributed by atoms with Crippen molar-refractivity contribution >= 4 is 17.5 Å². The van der Waals surface area contributed by atoms with Gasteiger partial charge in [-0.15, -0.1) is 0 Å². The Bertz CT molecular complexity index is 771. The molecule has 0 N–H and O–H groups in total. The summed E-state index contributed by atoms with van der Waals surface area (Å²) in [6.45, 7) is 3.20. The Kier molecular flexibility index (Phi) is 5.03. The first kappa shape index (κ1) is 17.0. The Hall–Kier alpha value is -2.82. The highest BCUT2D eigenvalue weighted by molar-refractivity contribution is 5.98. The standard InChI is InChI=1S/C20H22N2O3/c1-15-6-8-17(9-7-15)22-11-10-21(14-20(22)24)19(23)13-16-4-3-5-18(12-16)25-2/h3-9,12H,10-11,13-14H2,1-2H3. The third-order valence-corrected chi connectivity index (χ3v) is 4.41. The number of anilines is 1. The number of nitrogens with zero attached hydrogens (tertiary/aromatic N) is 2. The summed E-state index contributed by atoms with van der Waals surface area (Å²) in [6.07, 6.45) is 0.273. The quantitative estimate of drug-likeness (QED) is 0.860. The molecule has 2 amide bonds. The molecule has 1 heterocycles. The van der Waals surface area contributed by atoms with Gasteiger partial charge in [0, 0.05) is 18.8 Å². The zero-order valence-corrected chi connectivity index (χ0v) is 14.6. The predicted octanol–water partition coefficient (Wildman–Crippen LogP) is 2.42. The summed E-state index contributed by atoms with van der Waals surface area (Å²) in [6, 6.07) is 15.3. The fraction of sp³-hybridized carbons (Fsp3) is 0.300. The van der Waals surface area contributed by atoms with Gasteiger partial charge in [0.15, 0.2) is 0 Å². The molecule has 1 saturated heterocycles. The summed E-state index contributed by atoms with van der Waals surface area (Å²) in [4.78, 5) is 28.4. The molecular formula is C20H22N2O3. The molecule has 2 aromatic rings. The Morgan fingerprint density at radius 2 is 1.88 bits per heavy atom. The molecule has 0 bridgehead atoms. The van der Waals surface area contributed by atoms with E-state index in [1.54, 1.807) is 16.9 Å². The lowest BCUT2D eigenvalue weighted by atomic mass is 10.1. The number of hydrogen-bond acceptors (Lipinski definition) is 3. The van der Waals surface area contributed by atoms with Gasteiger partial charge < -0.3 is 14.5 Å². The number of benzene rings is 2. The van der Waals surface area contributed by atoms with Crippen LogP contribution in [0.5, 0.6) is 5.75 Å². The van der Waals surface area contributed by atoms with Crippen LogP contribution in [0.3, 0.4) is 0 Å². The van der Waals surface area contributed by atoms with Crippen LogP contribution < -0.4 is 9.64 Å². The summed E-state index contributed by atoms with van der Waals surface area (Å²) < 4.78 is 5.18. The summed E-state index contributed by atoms with van der Waals surface area (Å²) >= 11 is 0. The molecule has 5 nitrogen and oxygen atoms in total. The molecule has 0 atom stereocenters. The van der Waals surface area contributed by atoms with Crippen molar-refractivity contribution in [2.24, 2.45) is 0 Å². The molecule has 1 aliphatic heterocycles. The van der Waals surface area contributed by atoms with Crippen molar-refractivity contribution in [1.29, 1.82) is 0 Å². The van der Waals surface area contributed by atoms with Crippen molar-refractivity contribution in [3.63, 3.8) is 0 Å². The van der Waals surface area contributed by atoms with E-state index in [4.69, 9.17) is 4.74 Å². The monoisotopic (exact) mass is 338 g/mol. The number of hydrogen-bond donors (Lipinski definition) is 0. The Labute approximate surface area is 147 Å². The van der Waals surface area contributed by atoms with Gasteiger partial charge in [-0.3, -0.25) is 9.59 Å². The lowest BCUT2D eigenvalue weighted by Crippen LogP contribution is -2.52. The molecule has 25 heavy (non-hydrogen) atoms. The van der Waals surface area contributed by atoms with Crippen LogP contribution in [0.4, 0.5) is 5.69 Å². The molecule has 2 aromatic carbocycles. The molecule has 0 saturated carbocycles. The number of methoxy groups -OCH3 is 1. The van der Waals surface area contributed by atoms with Crippen molar-refractivity contribution in [2.75, 3.05) is 31.6 Å². The van der Waals surface area contributed by atoms with Crippen molar-refractivity contribution in [2.45, 2.75) is 13.3 Å². The molecule has 0 unspecified atom stereocenters. The maximum atomic E-state index is 12.5. The van der Waals surface area contributed by atoms with Gasteiger partial charge in [0.05, 0.1) is 13.5 Å². The lowest BCUT2D eigenvalue weighted by Gasteiger charge is -2.34. The van der Waals surface area contributed by atoms with Crippen molar-refractivity contribution in [3.8, 4) is 5.75 Å². The molecule has 1 fully saturated rings. The summed E-state index contributed by atoms with van der Waals surface area (Å²) in [5.41, 5.74) is 2.93. The zero-order chi connectivity index (χ0) is 17.8. The van der Waals surface area contributed by atoms with E-state index < -0.39 is 0 Å². The average molecular weight is 338 g/mol.